The maximum atomic E-state index is 13.1. The van der Waals surface area contributed by atoms with Crippen molar-refractivity contribution in [3.8, 4) is 12.3 Å². The van der Waals surface area contributed by atoms with Gasteiger partial charge in [-0.05, 0) is 49.1 Å². The summed E-state index contributed by atoms with van der Waals surface area (Å²) in [4.78, 5) is 14.9. The molecule has 28 heavy (non-hydrogen) atoms. The maximum Gasteiger partial charge on any atom is 0.254 e. The Kier molecular flexibility index (Phi) is 6.40. The normalized spacial score (nSPS) is 16.7. The van der Waals surface area contributed by atoms with E-state index in [2.05, 4.69) is 10.6 Å². The van der Waals surface area contributed by atoms with Gasteiger partial charge in [-0.2, -0.15) is 4.72 Å². The number of likely N-dealkylation sites (tertiary alicyclic amines) is 1. The van der Waals surface area contributed by atoms with Gasteiger partial charge in [0.25, 0.3) is 5.91 Å². The van der Waals surface area contributed by atoms with Gasteiger partial charge in [-0.3, -0.25) is 4.79 Å². The molecule has 3 rings (SSSR count). The molecule has 1 atom stereocenters. The van der Waals surface area contributed by atoms with E-state index in [1.165, 1.54) is 12.1 Å². The first-order valence-electron chi connectivity index (χ1n) is 9.00. The van der Waals surface area contributed by atoms with Gasteiger partial charge in [-0.1, -0.05) is 41.8 Å². The molecule has 2 aromatic carbocycles. The zero-order valence-electron chi connectivity index (χ0n) is 15.3. The Morgan fingerprint density at radius 1 is 1.25 bits per heavy atom. The van der Waals surface area contributed by atoms with Gasteiger partial charge >= 0.3 is 0 Å². The van der Waals surface area contributed by atoms with Crippen LogP contribution < -0.4 is 4.72 Å². The highest BCUT2D eigenvalue weighted by atomic mass is 35.5. The third-order valence-electron chi connectivity index (χ3n) is 4.81. The highest BCUT2D eigenvalue weighted by Gasteiger charge is 2.30. The molecular formula is C21H21ClN2O3S. The Hall–Kier alpha value is -2.33. The fourth-order valence-corrected chi connectivity index (χ4v) is 4.61. The Morgan fingerprint density at radius 2 is 2.04 bits per heavy atom. The van der Waals surface area contributed by atoms with Crippen molar-refractivity contribution in [2.75, 3.05) is 13.1 Å². The summed E-state index contributed by atoms with van der Waals surface area (Å²) in [5.74, 6) is 2.06. The number of hydrogen-bond donors (Lipinski definition) is 1. The topological polar surface area (TPSA) is 66.5 Å². The molecule has 0 radical (unpaired) electrons. The number of rotatable bonds is 6. The lowest BCUT2D eigenvalue weighted by Crippen LogP contribution is -2.37. The molecule has 0 spiro atoms. The number of terminal acetylenes is 1. The molecular weight excluding hydrogens is 396 g/mol. The van der Waals surface area contributed by atoms with E-state index in [0.29, 0.717) is 23.6 Å². The number of hydrogen-bond acceptors (Lipinski definition) is 3. The molecule has 1 N–H and O–H groups in total. The molecule has 7 heteroatoms. The Balaban J connectivity index is 1.80. The molecule has 0 bridgehead atoms. The molecule has 1 aliphatic rings. The minimum absolute atomic E-state index is 0.0236. The van der Waals surface area contributed by atoms with Crippen molar-refractivity contribution in [2.45, 2.75) is 30.2 Å². The van der Waals surface area contributed by atoms with Crippen LogP contribution in [0.3, 0.4) is 0 Å². The van der Waals surface area contributed by atoms with Crippen molar-refractivity contribution in [1.29, 1.82) is 0 Å². The number of benzene rings is 2. The average Bonchev–Trinajstić information content (AvgIpc) is 3.16. The van der Waals surface area contributed by atoms with Gasteiger partial charge in [0.05, 0.1) is 11.4 Å². The minimum Gasteiger partial charge on any atom is -0.335 e. The van der Waals surface area contributed by atoms with E-state index >= 15 is 0 Å². The molecule has 0 aromatic heterocycles. The molecule has 2 aromatic rings. The first-order valence-corrected chi connectivity index (χ1v) is 10.9. The van der Waals surface area contributed by atoms with E-state index in [9.17, 15) is 13.2 Å². The Labute approximate surface area is 170 Å². The van der Waals surface area contributed by atoms with Gasteiger partial charge < -0.3 is 4.90 Å². The van der Waals surface area contributed by atoms with Crippen molar-refractivity contribution in [2.24, 2.45) is 0 Å². The summed E-state index contributed by atoms with van der Waals surface area (Å²) >= 11 is 6.27. The zero-order valence-corrected chi connectivity index (χ0v) is 16.8. The molecule has 1 fully saturated rings. The highest BCUT2D eigenvalue weighted by Crippen LogP contribution is 2.26. The summed E-state index contributed by atoms with van der Waals surface area (Å²) in [6, 6.07) is 13.7. The summed E-state index contributed by atoms with van der Waals surface area (Å²) in [5, 5.41) is 0.689. The monoisotopic (exact) mass is 416 g/mol. The van der Waals surface area contributed by atoms with Crippen LogP contribution in [0.1, 0.15) is 28.8 Å². The molecule has 146 valence electrons. The van der Waals surface area contributed by atoms with Crippen LogP contribution in [0.2, 0.25) is 5.02 Å². The lowest BCUT2D eigenvalue weighted by Gasteiger charge is -2.25. The van der Waals surface area contributed by atoms with E-state index in [-0.39, 0.29) is 23.4 Å². The van der Waals surface area contributed by atoms with Crippen molar-refractivity contribution in [3.05, 3.63) is 64.7 Å². The predicted octanol–water partition coefficient (Wildman–Crippen LogP) is 3.10. The molecule has 5 nitrogen and oxygen atoms in total. The largest absolute Gasteiger partial charge is 0.335 e. The van der Waals surface area contributed by atoms with Gasteiger partial charge in [0, 0.05) is 23.2 Å². The summed E-state index contributed by atoms with van der Waals surface area (Å²) in [5.41, 5.74) is 1.35. The van der Waals surface area contributed by atoms with Crippen LogP contribution in [0.15, 0.2) is 53.4 Å². The van der Waals surface area contributed by atoms with Gasteiger partial charge in [0.15, 0.2) is 0 Å². The number of carbonyl (C=O) groups excluding carboxylic acids is 1. The lowest BCUT2D eigenvalue weighted by atomic mass is 10.0. The first kappa shape index (κ1) is 20.4. The van der Waals surface area contributed by atoms with Crippen molar-refractivity contribution < 1.29 is 13.2 Å². The fourth-order valence-electron chi connectivity index (χ4n) is 3.42. The number of sulfonamides is 1. The van der Waals surface area contributed by atoms with E-state index in [4.69, 9.17) is 18.0 Å². The molecule has 1 saturated heterocycles. The van der Waals surface area contributed by atoms with Crippen molar-refractivity contribution >= 4 is 27.5 Å². The molecule has 1 unspecified atom stereocenters. The quantitative estimate of drug-likeness (QED) is 0.736. The number of amides is 1. The van der Waals surface area contributed by atoms with Crippen LogP contribution in [0.4, 0.5) is 0 Å². The summed E-state index contributed by atoms with van der Waals surface area (Å²) in [6.07, 6.45) is 7.58. The second-order valence-electron chi connectivity index (χ2n) is 6.65. The predicted molar refractivity (Wildman–Crippen MR) is 110 cm³/mol. The van der Waals surface area contributed by atoms with Crippen LogP contribution in [-0.4, -0.2) is 38.4 Å². The maximum absolute atomic E-state index is 13.1. The standard InChI is InChI=1S/C21H21ClN2O3S/c1-2-12-23-28(26,27)19-10-5-8-17(15-19)21(25)24-13-6-9-18(24)14-16-7-3-4-11-20(16)22/h1,3-5,7-8,10-11,15,18,23H,6,9,12-14H2. The third-order valence-corrected chi connectivity index (χ3v) is 6.57. The second kappa shape index (κ2) is 8.78. The Morgan fingerprint density at radius 3 is 2.79 bits per heavy atom. The molecule has 1 aliphatic heterocycles. The minimum atomic E-state index is -3.75. The van der Waals surface area contributed by atoms with Crippen LogP contribution >= 0.6 is 11.6 Å². The Bertz CT molecular complexity index is 1010. The van der Waals surface area contributed by atoms with Crippen LogP contribution in [0, 0.1) is 12.3 Å². The lowest BCUT2D eigenvalue weighted by molar-refractivity contribution is 0.0736. The second-order valence-corrected chi connectivity index (χ2v) is 8.82. The summed E-state index contributed by atoms with van der Waals surface area (Å²) < 4.78 is 26.9. The zero-order chi connectivity index (χ0) is 20.1. The molecule has 1 heterocycles. The first-order chi connectivity index (χ1) is 13.4. The van der Waals surface area contributed by atoms with Crippen LogP contribution in [0.5, 0.6) is 0 Å². The average molecular weight is 417 g/mol. The fraction of sp³-hybridized carbons (Fsp3) is 0.286. The molecule has 0 saturated carbocycles. The number of nitrogens with one attached hydrogen (secondary N) is 1. The van der Waals surface area contributed by atoms with Gasteiger partial charge in [-0.15, -0.1) is 6.42 Å². The highest BCUT2D eigenvalue weighted by molar-refractivity contribution is 7.89. The molecule has 0 aliphatic carbocycles. The van der Waals surface area contributed by atoms with E-state index in [0.717, 1.165) is 18.4 Å². The van der Waals surface area contributed by atoms with E-state index in [1.54, 1.807) is 12.1 Å². The van der Waals surface area contributed by atoms with Gasteiger partial charge in [0.2, 0.25) is 10.0 Å². The summed E-state index contributed by atoms with van der Waals surface area (Å²) in [6.45, 7) is 0.535. The number of carbonyl (C=O) groups is 1. The van der Waals surface area contributed by atoms with E-state index in [1.807, 2.05) is 29.2 Å². The third kappa shape index (κ3) is 4.56. The van der Waals surface area contributed by atoms with Crippen molar-refractivity contribution in [1.82, 2.24) is 9.62 Å². The molecule has 1 amide bonds. The van der Waals surface area contributed by atoms with Crippen LogP contribution in [0.25, 0.3) is 0 Å². The number of halogens is 1. The SMILES string of the molecule is C#CCNS(=O)(=O)c1cccc(C(=O)N2CCCC2Cc2ccccc2Cl)c1. The summed E-state index contributed by atoms with van der Waals surface area (Å²) in [7, 11) is -3.75. The van der Waals surface area contributed by atoms with Crippen LogP contribution in [-0.2, 0) is 16.4 Å². The smallest absolute Gasteiger partial charge is 0.254 e. The number of nitrogens with zero attached hydrogens (tertiary/aromatic N) is 1. The van der Waals surface area contributed by atoms with Gasteiger partial charge in [-0.25, -0.2) is 8.42 Å². The van der Waals surface area contributed by atoms with Crippen molar-refractivity contribution in [3.63, 3.8) is 0 Å². The van der Waals surface area contributed by atoms with Gasteiger partial charge in [0.1, 0.15) is 0 Å². The van der Waals surface area contributed by atoms with E-state index < -0.39 is 10.0 Å².